The van der Waals surface area contributed by atoms with Crippen LogP contribution in [0, 0.1) is 6.92 Å². The Morgan fingerprint density at radius 3 is 2.40 bits per heavy atom. The topological polar surface area (TPSA) is 46.9 Å². The Kier molecular flexibility index (Phi) is 5.29. The molecule has 3 rings (SSSR count). The van der Waals surface area contributed by atoms with E-state index in [1.165, 1.54) is 5.56 Å². The fourth-order valence-corrected chi connectivity index (χ4v) is 2.86. The number of nitrogens with one attached hydrogen (secondary N) is 1. The van der Waals surface area contributed by atoms with E-state index in [1.54, 1.807) is 4.68 Å². The molecule has 2 aromatic carbocycles. The van der Waals surface area contributed by atoms with E-state index in [0.717, 1.165) is 17.8 Å². The van der Waals surface area contributed by atoms with Gasteiger partial charge in [0, 0.05) is 12.2 Å². The van der Waals surface area contributed by atoms with Gasteiger partial charge in [0.2, 0.25) is 0 Å². The number of aromatic nitrogens is 2. The largest absolute Gasteiger partial charge is 0.351 e. The van der Waals surface area contributed by atoms with Crippen LogP contribution in [0.15, 0.2) is 66.7 Å². The molecule has 25 heavy (non-hydrogen) atoms. The lowest BCUT2D eigenvalue weighted by atomic mass is 9.98. The number of para-hydroxylation sites is 1. The van der Waals surface area contributed by atoms with Crippen molar-refractivity contribution in [3.63, 3.8) is 0 Å². The van der Waals surface area contributed by atoms with Crippen LogP contribution in [-0.2, 0) is 0 Å². The van der Waals surface area contributed by atoms with Crippen LogP contribution in [0.2, 0.25) is 0 Å². The van der Waals surface area contributed by atoms with Gasteiger partial charge in [-0.15, -0.1) is 0 Å². The summed E-state index contributed by atoms with van der Waals surface area (Å²) in [6, 6.07) is 22.0. The van der Waals surface area contributed by atoms with E-state index in [0.29, 0.717) is 18.2 Å². The van der Waals surface area contributed by atoms with Crippen molar-refractivity contribution >= 4 is 5.91 Å². The molecule has 0 spiro atoms. The second-order valence-electron chi connectivity index (χ2n) is 6.27. The van der Waals surface area contributed by atoms with Crippen LogP contribution in [0.5, 0.6) is 0 Å². The summed E-state index contributed by atoms with van der Waals surface area (Å²) in [6.45, 7) is 4.76. The zero-order valence-corrected chi connectivity index (χ0v) is 14.6. The van der Waals surface area contributed by atoms with Crippen LogP contribution >= 0.6 is 0 Å². The summed E-state index contributed by atoms with van der Waals surface area (Å²) in [7, 11) is 0. The average molecular weight is 333 g/mol. The third-order valence-corrected chi connectivity index (χ3v) is 4.35. The first-order chi connectivity index (χ1) is 12.1. The Balaban J connectivity index is 1.59. The second-order valence-corrected chi connectivity index (χ2v) is 6.27. The van der Waals surface area contributed by atoms with Gasteiger partial charge in [-0.3, -0.25) is 4.79 Å². The van der Waals surface area contributed by atoms with Gasteiger partial charge < -0.3 is 5.32 Å². The third-order valence-electron chi connectivity index (χ3n) is 4.35. The lowest BCUT2D eigenvalue weighted by molar-refractivity contribution is 0.0947. The molecule has 1 amide bonds. The van der Waals surface area contributed by atoms with Crippen molar-refractivity contribution < 1.29 is 4.79 Å². The Bertz CT molecular complexity index is 825. The van der Waals surface area contributed by atoms with Crippen LogP contribution in [0.3, 0.4) is 0 Å². The molecule has 0 radical (unpaired) electrons. The van der Waals surface area contributed by atoms with Crippen LogP contribution in [0.1, 0.15) is 41.0 Å². The molecule has 0 aliphatic rings. The van der Waals surface area contributed by atoms with Crippen molar-refractivity contribution in [3.05, 3.63) is 83.7 Å². The number of amides is 1. The molecule has 4 nitrogen and oxygen atoms in total. The number of nitrogens with zero attached hydrogens (tertiary/aromatic N) is 2. The summed E-state index contributed by atoms with van der Waals surface area (Å²) in [5, 5.41) is 7.42. The highest BCUT2D eigenvalue weighted by molar-refractivity contribution is 5.92. The molecule has 1 N–H and O–H groups in total. The minimum Gasteiger partial charge on any atom is -0.351 e. The van der Waals surface area contributed by atoms with E-state index in [2.05, 4.69) is 29.5 Å². The second kappa shape index (κ2) is 7.79. The van der Waals surface area contributed by atoms with Crippen molar-refractivity contribution in [3.8, 4) is 5.69 Å². The van der Waals surface area contributed by atoms with E-state index in [9.17, 15) is 4.79 Å². The summed E-state index contributed by atoms with van der Waals surface area (Å²) >= 11 is 0. The molecule has 0 saturated carbocycles. The van der Waals surface area contributed by atoms with Gasteiger partial charge in [0.05, 0.1) is 5.69 Å². The smallest absolute Gasteiger partial charge is 0.271 e. The minimum absolute atomic E-state index is 0.127. The first kappa shape index (κ1) is 17.0. The van der Waals surface area contributed by atoms with Crippen LogP contribution in [-0.4, -0.2) is 22.2 Å². The lowest BCUT2D eigenvalue weighted by Gasteiger charge is -2.11. The molecule has 3 aromatic rings. The third kappa shape index (κ3) is 4.15. The highest BCUT2D eigenvalue weighted by atomic mass is 16.1. The van der Waals surface area contributed by atoms with Crippen LogP contribution in [0.25, 0.3) is 5.69 Å². The molecule has 0 aliphatic carbocycles. The molecule has 0 aliphatic heterocycles. The maximum Gasteiger partial charge on any atom is 0.271 e. The number of benzene rings is 2. The molecule has 1 atom stereocenters. The molecule has 1 heterocycles. The zero-order valence-electron chi connectivity index (χ0n) is 14.6. The normalized spacial score (nSPS) is 11.9. The van der Waals surface area contributed by atoms with Crippen molar-refractivity contribution in [2.45, 2.75) is 26.2 Å². The first-order valence-corrected chi connectivity index (χ1v) is 8.60. The fraction of sp³-hybridized carbons (Fsp3) is 0.238. The van der Waals surface area contributed by atoms with Crippen molar-refractivity contribution in [2.24, 2.45) is 0 Å². The molecular weight excluding hydrogens is 310 g/mol. The van der Waals surface area contributed by atoms with Crippen molar-refractivity contribution in [1.82, 2.24) is 15.1 Å². The highest BCUT2D eigenvalue weighted by Gasteiger charge is 2.13. The maximum atomic E-state index is 12.4. The first-order valence-electron chi connectivity index (χ1n) is 8.60. The van der Waals surface area contributed by atoms with E-state index < -0.39 is 0 Å². The Morgan fingerprint density at radius 2 is 1.72 bits per heavy atom. The van der Waals surface area contributed by atoms with E-state index in [-0.39, 0.29) is 5.91 Å². The van der Waals surface area contributed by atoms with Gasteiger partial charge in [-0.2, -0.15) is 5.10 Å². The van der Waals surface area contributed by atoms with Gasteiger partial charge in [0.15, 0.2) is 5.69 Å². The standard InChI is InChI=1S/C21H23N3O/c1-16(18-9-5-3-6-10-18)13-14-22-21(25)20-15-17(2)24(23-20)19-11-7-4-8-12-19/h3-12,15-16H,13-14H2,1-2H3,(H,22,25). The van der Waals surface area contributed by atoms with Crippen LogP contribution in [0.4, 0.5) is 0 Å². The monoisotopic (exact) mass is 333 g/mol. The Hall–Kier alpha value is -2.88. The highest BCUT2D eigenvalue weighted by Crippen LogP contribution is 2.17. The molecule has 1 unspecified atom stereocenters. The zero-order chi connectivity index (χ0) is 17.6. The SMILES string of the molecule is Cc1cc(C(=O)NCCC(C)c2ccccc2)nn1-c1ccccc1. The number of hydrogen-bond acceptors (Lipinski definition) is 2. The average Bonchev–Trinajstić information content (AvgIpc) is 3.05. The number of carbonyl (C=O) groups is 1. The molecule has 0 bridgehead atoms. The molecule has 4 heteroatoms. The minimum atomic E-state index is -0.127. The van der Waals surface area contributed by atoms with E-state index in [4.69, 9.17) is 0 Å². The summed E-state index contributed by atoms with van der Waals surface area (Å²) in [5.74, 6) is 0.281. The van der Waals surface area contributed by atoms with Gasteiger partial charge in [0.1, 0.15) is 0 Å². The molecule has 1 aromatic heterocycles. The van der Waals surface area contributed by atoms with E-state index >= 15 is 0 Å². The van der Waals surface area contributed by atoms with Gasteiger partial charge in [-0.1, -0.05) is 55.5 Å². The van der Waals surface area contributed by atoms with Gasteiger partial charge in [-0.05, 0) is 43.0 Å². The Morgan fingerprint density at radius 1 is 1.08 bits per heavy atom. The van der Waals surface area contributed by atoms with Gasteiger partial charge >= 0.3 is 0 Å². The Labute approximate surface area is 148 Å². The number of carbonyl (C=O) groups excluding carboxylic acids is 1. The molecular formula is C21H23N3O. The number of hydrogen-bond donors (Lipinski definition) is 1. The fourth-order valence-electron chi connectivity index (χ4n) is 2.86. The molecule has 0 fully saturated rings. The van der Waals surface area contributed by atoms with Crippen molar-refractivity contribution in [2.75, 3.05) is 6.54 Å². The molecule has 128 valence electrons. The van der Waals surface area contributed by atoms with Crippen molar-refractivity contribution in [1.29, 1.82) is 0 Å². The predicted octanol–water partition coefficient (Wildman–Crippen LogP) is 4.10. The van der Waals surface area contributed by atoms with Crippen LogP contribution < -0.4 is 5.32 Å². The van der Waals surface area contributed by atoms with Gasteiger partial charge in [-0.25, -0.2) is 4.68 Å². The number of aryl methyl sites for hydroxylation is 1. The summed E-state index contributed by atoms with van der Waals surface area (Å²) in [6.07, 6.45) is 0.897. The number of rotatable bonds is 6. The predicted molar refractivity (Wildman–Crippen MR) is 100 cm³/mol. The molecule has 0 saturated heterocycles. The summed E-state index contributed by atoms with van der Waals surface area (Å²) < 4.78 is 1.79. The van der Waals surface area contributed by atoms with E-state index in [1.807, 2.05) is 61.5 Å². The van der Waals surface area contributed by atoms with Gasteiger partial charge in [0.25, 0.3) is 5.91 Å². The summed E-state index contributed by atoms with van der Waals surface area (Å²) in [5.41, 5.74) is 3.64. The summed E-state index contributed by atoms with van der Waals surface area (Å²) in [4.78, 5) is 12.4. The quantitative estimate of drug-likeness (QED) is 0.738. The maximum absolute atomic E-state index is 12.4. The lowest BCUT2D eigenvalue weighted by Crippen LogP contribution is -2.25.